The number of rotatable bonds is 12. The molecule has 0 aliphatic heterocycles. The lowest BCUT2D eigenvalue weighted by atomic mass is 10.2. The van der Waals surface area contributed by atoms with Gasteiger partial charge in [0.2, 0.25) is 0 Å². The second-order valence-electron chi connectivity index (χ2n) is 5.40. The maximum atomic E-state index is 5.32. The minimum absolute atomic E-state index is 0.457. The largest absolute Gasteiger partial charge is 0.383 e. The molecule has 18 heavy (non-hydrogen) atoms. The summed E-state index contributed by atoms with van der Waals surface area (Å²) in [4.78, 5) is 2.57. The molecule has 1 N–H and O–H groups in total. The van der Waals surface area contributed by atoms with E-state index in [1.807, 2.05) is 0 Å². The van der Waals surface area contributed by atoms with Crippen LogP contribution < -0.4 is 5.32 Å². The molecular formula is C15H34N2O. The Kier molecular flexibility index (Phi) is 11.9. The van der Waals surface area contributed by atoms with Gasteiger partial charge in [0.25, 0.3) is 0 Å². The van der Waals surface area contributed by atoms with Crippen LogP contribution in [0.25, 0.3) is 0 Å². The summed E-state index contributed by atoms with van der Waals surface area (Å²) < 4.78 is 5.32. The maximum Gasteiger partial charge on any atom is 0.0628 e. The summed E-state index contributed by atoms with van der Waals surface area (Å²) in [6.45, 7) is 13.2. The number of nitrogens with one attached hydrogen (secondary N) is 1. The van der Waals surface area contributed by atoms with Crippen molar-refractivity contribution in [1.82, 2.24) is 10.2 Å². The zero-order valence-electron chi connectivity index (χ0n) is 13.2. The molecule has 3 nitrogen and oxygen atoms in total. The van der Waals surface area contributed by atoms with Gasteiger partial charge in [0, 0.05) is 25.7 Å². The topological polar surface area (TPSA) is 24.5 Å². The highest BCUT2D eigenvalue weighted by Gasteiger charge is 2.15. The van der Waals surface area contributed by atoms with Crippen molar-refractivity contribution in [2.24, 2.45) is 0 Å². The molecule has 0 fully saturated rings. The summed E-state index contributed by atoms with van der Waals surface area (Å²) in [5.41, 5.74) is 0. The van der Waals surface area contributed by atoms with E-state index in [0.29, 0.717) is 12.1 Å². The highest BCUT2D eigenvalue weighted by Crippen LogP contribution is 2.05. The van der Waals surface area contributed by atoms with Crippen LogP contribution in [0.15, 0.2) is 0 Å². The quantitative estimate of drug-likeness (QED) is 0.545. The van der Waals surface area contributed by atoms with Crippen molar-refractivity contribution in [3.63, 3.8) is 0 Å². The van der Waals surface area contributed by atoms with Gasteiger partial charge >= 0.3 is 0 Å². The molecular weight excluding hydrogens is 224 g/mol. The Morgan fingerprint density at radius 2 is 1.83 bits per heavy atom. The number of nitrogens with zero attached hydrogens (tertiary/aromatic N) is 1. The standard InChI is InChI=1S/C15H34N2O/c1-6-8-9-11-17(14(3)4)12-15(13-18-5)16-10-7-2/h14-16H,6-13H2,1-5H3. The molecule has 0 saturated heterocycles. The summed E-state index contributed by atoms with van der Waals surface area (Å²) in [7, 11) is 1.79. The fourth-order valence-electron chi connectivity index (χ4n) is 2.13. The van der Waals surface area contributed by atoms with E-state index in [9.17, 15) is 0 Å². The second-order valence-corrected chi connectivity index (χ2v) is 5.40. The zero-order valence-corrected chi connectivity index (χ0v) is 13.2. The zero-order chi connectivity index (χ0) is 13.8. The van der Waals surface area contributed by atoms with Crippen molar-refractivity contribution in [2.45, 2.75) is 65.5 Å². The van der Waals surface area contributed by atoms with Crippen LogP contribution in [0.1, 0.15) is 53.4 Å². The third-order valence-corrected chi connectivity index (χ3v) is 3.28. The molecule has 0 amide bonds. The lowest BCUT2D eigenvalue weighted by Crippen LogP contribution is -2.46. The number of hydrogen-bond donors (Lipinski definition) is 1. The third-order valence-electron chi connectivity index (χ3n) is 3.28. The molecule has 3 heteroatoms. The maximum absolute atomic E-state index is 5.32. The highest BCUT2D eigenvalue weighted by molar-refractivity contribution is 4.74. The van der Waals surface area contributed by atoms with Crippen molar-refractivity contribution in [2.75, 3.05) is 33.4 Å². The molecule has 0 radical (unpaired) electrons. The normalized spacial score (nSPS) is 13.5. The molecule has 0 bridgehead atoms. The number of methoxy groups -OCH3 is 1. The SMILES string of the molecule is CCCCCN(CC(COC)NCCC)C(C)C. The van der Waals surface area contributed by atoms with Crippen molar-refractivity contribution >= 4 is 0 Å². The summed E-state index contributed by atoms with van der Waals surface area (Å²) >= 11 is 0. The summed E-state index contributed by atoms with van der Waals surface area (Å²) in [5, 5.41) is 3.58. The Hall–Kier alpha value is -0.120. The van der Waals surface area contributed by atoms with Gasteiger partial charge in [-0.15, -0.1) is 0 Å². The minimum Gasteiger partial charge on any atom is -0.383 e. The first-order valence-electron chi connectivity index (χ1n) is 7.62. The summed E-state index contributed by atoms with van der Waals surface area (Å²) in [5.74, 6) is 0. The molecule has 0 aromatic rings. The van der Waals surface area contributed by atoms with Crippen LogP contribution >= 0.6 is 0 Å². The molecule has 0 spiro atoms. The van der Waals surface area contributed by atoms with Gasteiger partial charge in [0.1, 0.15) is 0 Å². The van der Waals surface area contributed by atoms with E-state index in [1.165, 1.54) is 32.2 Å². The van der Waals surface area contributed by atoms with Gasteiger partial charge < -0.3 is 10.1 Å². The van der Waals surface area contributed by atoms with E-state index in [1.54, 1.807) is 7.11 Å². The second kappa shape index (κ2) is 11.9. The predicted molar refractivity (Wildman–Crippen MR) is 80.2 cm³/mol. The lowest BCUT2D eigenvalue weighted by Gasteiger charge is -2.31. The van der Waals surface area contributed by atoms with E-state index in [2.05, 4.69) is 37.9 Å². The van der Waals surface area contributed by atoms with Gasteiger partial charge in [-0.3, -0.25) is 4.90 Å². The molecule has 1 atom stereocenters. The lowest BCUT2D eigenvalue weighted by molar-refractivity contribution is 0.124. The summed E-state index contributed by atoms with van der Waals surface area (Å²) in [6.07, 6.45) is 5.11. The van der Waals surface area contributed by atoms with Crippen molar-refractivity contribution in [3.8, 4) is 0 Å². The molecule has 0 aromatic heterocycles. The van der Waals surface area contributed by atoms with Crippen LogP contribution in [-0.4, -0.2) is 50.3 Å². The number of hydrogen-bond acceptors (Lipinski definition) is 3. The molecule has 0 aliphatic rings. The van der Waals surface area contributed by atoms with Crippen molar-refractivity contribution in [1.29, 1.82) is 0 Å². The molecule has 0 rings (SSSR count). The van der Waals surface area contributed by atoms with E-state index in [-0.39, 0.29) is 0 Å². The van der Waals surface area contributed by atoms with Gasteiger partial charge in [-0.25, -0.2) is 0 Å². The minimum atomic E-state index is 0.457. The molecule has 1 unspecified atom stereocenters. The fraction of sp³-hybridized carbons (Fsp3) is 1.00. The molecule has 0 heterocycles. The number of unbranched alkanes of at least 4 members (excludes halogenated alkanes) is 2. The van der Waals surface area contributed by atoms with E-state index >= 15 is 0 Å². The van der Waals surface area contributed by atoms with E-state index < -0.39 is 0 Å². The van der Waals surface area contributed by atoms with Crippen molar-refractivity contribution in [3.05, 3.63) is 0 Å². The fourth-order valence-corrected chi connectivity index (χ4v) is 2.13. The van der Waals surface area contributed by atoms with Gasteiger partial charge in [0.15, 0.2) is 0 Å². The van der Waals surface area contributed by atoms with Crippen LogP contribution in [-0.2, 0) is 4.74 Å². The Morgan fingerprint density at radius 3 is 2.33 bits per heavy atom. The molecule has 0 saturated carbocycles. The van der Waals surface area contributed by atoms with E-state index in [0.717, 1.165) is 19.7 Å². The Labute approximate surface area is 114 Å². The van der Waals surface area contributed by atoms with Crippen LogP contribution in [0.2, 0.25) is 0 Å². The van der Waals surface area contributed by atoms with Gasteiger partial charge in [-0.05, 0) is 39.8 Å². The Bertz CT molecular complexity index is 174. The van der Waals surface area contributed by atoms with Crippen LogP contribution in [0.3, 0.4) is 0 Å². The van der Waals surface area contributed by atoms with Gasteiger partial charge in [-0.1, -0.05) is 26.7 Å². The van der Waals surface area contributed by atoms with Crippen LogP contribution in [0.4, 0.5) is 0 Å². The Morgan fingerprint density at radius 1 is 1.11 bits per heavy atom. The molecule has 110 valence electrons. The van der Waals surface area contributed by atoms with Gasteiger partial charge in [0.05, 0.1) is 6.61 Å². The smallest absolute Gasteiger partial charge is 0.0628 e. The van der Waals surface area contributed by atoms with Crippen molar-refractivity contribution < 1.29 is 4.74 Å². The Balaban J connectivity index is 4.13. The van der Waals surface area contributed by atoms with Crippen LogP contribution in [0, 0.1) is 0 Å². The first-order valence-corrected chi connectivity index (χ1v) is 7.62. The highest BCUT2D eigenvalue weighted by atomic mass is 16.5. The monoisotopic (exact) mass is 258 g/mol. The molecule has 0 aliphatic carbocycles. The van der Waals surface area contributed by atoms with E-state index in [4.69, 9.17) is 4.74 Å². The van der Waals surface area contributed by atoms with Gasteiger partial charge in [-0.2, -0.15) is 0 Å². The average molecular weight is 258 g/mol. The molecule has 0 aromatic carbocycles. The first-order chi connectivity index (χ1) is 8.65. The first kappa shape index (κ1) is 17.9. The average Bonchev–Trinajstić information content (AvgIpc) is 2.34. The summed E-state index contributed by atoms with van der Waals surface area (Å²) in [6, 6.07) is 1.07. The van der Waals surface area contributed by atoms with Crippen LogP contribution in [0.5, 0.6) is 0 Å². The number of ether oxygens (including phenoxy) is 1. The predicted octanol–water partition coefficient (Wildman–Crippen LogP) is 2.90. The third kappa shape index (κ3) is 8.90.